The summed E-state index contributed by atoms with van der Waals surface area (Å²) in [5, 5.41) is 3.11. The van der Waals surface area contributed by atoms with Crippen molar-refractivity contribution in [1.82, 2.24) is 10.2 Å². The fourth-order valence-electron chi connectivity index (χ4n) is 1.93. The maximum absolute atomic E-state index is 12.7. The van der Waals surface area contributed by atoms with Crippen LogP contribution in [-0.2, 0) is 0 Å². The molecule has 1 rings (SSSR count). The molecule has 0 unspecified atom stereocenters. The lowest BCUT2D eigenvalue weighted by Crippen LogP contribution is -2.24. The minimum atomic E-state index is -0.305. The lowest BCUT2D eigenvalue weighted by atomic mass is 10.1. The number of nitrogens with one attached hydrogen (secondary N) is 1. The summed E-state index contributed by atoms with van der Waals surface area (Å²) in [6.07, 6.45) is 2.47. The highest BCUT2D eigenvalue weighted by Gasteiger charge is 2.06. The third-order valence-corrected chi connectivity index (χ3v) is 3.08. The van der Waals surface area contributed by atoms with Gasteiger partial charge in [-0.25, -0.2) is 4.39 Å². The Kier molecular flexibility index (Phi) is 7.30. The van der Waals surface area contributed by atoms with Crippen LogP contribution in [0.25, 0.3) is 0 Å². The van der Waals surface area contributed by atoms with E-state index in [1.165, 1.54) is 12.1 Å². The van der Waals surface area contributed by atoms with Gasteiger partial charge in [-0.2, -0.15) is 0 Å². The van der Waals surface area contributed by atoms with Gasteiger partial charge in [-0.05, 0) is 70.8 Å². The molecule has 0 amide bonds. The van der Waals surface area contributed by atoms with Crippen molar-refractivity contribution in [3.63, 3.8) is 0 Å². The van der Waals surface area contributed by atoms with E-state index in [1.54, 1.807) is 12.1 Å². The molecule has 0 aromatic heterocycles. The van der Waals surface area contributed by atoms with Gasteiger partial charge in [-0.3, -0.25) is 4.79 Å². The first-order chi connectivity index (χ1) is 9.13. The molecule has 0 heterocycles. The van der Waals surface area contributed by atoms with Crippen molar-refractivity contribution in [3.05, 3.63) is 35.6 Å². The molecule has 0 fully saturated rings. The fourth-order valence-corrected chi connectivity index (χ4v) is 1.93. The van der Waals surface area contributed by atoms with Gasteiger partial charge in [-0.15, -0.1) is 0 Å². The Hall–Kier alpha value is -1.26. The fraction of sp³-hybridized carbons (Fsp3) is 0.533. The molecule has 1 aromatic rings. The van der Waals surface area contributed by atoms with Crippen molar-refractivity contribution in [3.8, 4) is 0 Å². The lowest BCUT2D eigenvalue weighted by Gasteiger charge is -2.15. The average Bonchev–Trinajstić information content (AvgIpc) is 2.39. The largest absolute Gasteiger partial charge is 0.320 e. The van der Waals surface area contributed by atoms with E-state index < -0.39 is 0 Å². The molecular formula is C15H23FN2O. The number of halogens is 1. The van der Waals surface area contributed by atoms with Crippen LogP contribution in [0.5, 0.6) is 0 Å². The van der Waals surface area contributed by atoms with Crippen LogP contribution in [0.1, 0.15) is 29.6 Å². The van der Waals surface area contributed by atoms with Crippen LogP contribution in [-0.4, -0.2) is 44.4 Å². The van der Waals surface area contributed by atoms with Gasteiger partial charge in [-0.1, -0.05) is 0 Å². The molecule has 0 radical (unpaired) electrons. The van der Waals surface area contributed by atoms with Gasteiger partial charge in [0.05, 0.1) is 0 Å². The van der Waals surface area contributed by atoms with Crippen molar-refractivity contribution in [1.29, 1.82) is 0 Å². The number of nitrogens with zero attached hydrogens (tertiary/aromatic N) is 1. The Labute approximate surface area is 114 Å². The topological polar surface area (TPSA) is 32.3 Å². The first-order valence-electron chi connectivity index (χ1n) is 6.75. The van der Waals surface area contributed by atoms with Crippen LogP contribution in [0.4, 0.5) is 4.39 Å². The van der Waals surface area contributed by atoms with Crippen LogP contribution in [0.3, 0.4) is 0 Å². The number of ketones is 1. The molecule has 19 heavy (non-hydrogen) atoms. The molecular weight excluding hydrogens is 243 g/mol. The van der Waals surface area contributed by atoms with Crippen molar-refractivity contribution < 1.29 is 9.18 Å². The highest BCUT2D eigenvalue weighted by Crippen LogP contribution is 2.07. The Morgan fingerprint density at radius 3 is 2.47 bits per heavy atom. The molecule has 3 nitrogen and oxygen atoms in total. The quantitative estimate of drug-likeness (QED) is 0.550. The number of hydrogen-bond donors (Lipinski definition) is 1. The molecule has 1 aromatic carbocycles. The van der Waals surface area contributed by atoms with Crippen LogP contribution < -0.4 is 5.32 Å². The lowest BCUT2D eigenvalue weighted by molar-refractivity contribution is 0.0976. The summed E-state index contributed by atoms with van der Waals surface area (Å²) >= 11 is 0. The Morgan fingerprint density at radius 1 is 1.21 bits per heavy atom. The minimum Gasteiger partial charge on any atom is -0.320 e. The molecule has 0 saturated carbocycles. The summed E-state index contributed by atoms with van der Waals surface area (Å²) in [7, 11) is 4.01. The van der Waals surface area contributed by atoms with Gasteiger partial charge < -0.3 is 10.2 Å². The first kappa shape index (κ1) is 15.8. The monoisotopic (exact) mass is 266 g/mol. The Bertz CT molecular complexity index is 378. The Balaban J connectivity index is 2.21. The molecule has 0 saturated heterocycles. The second kappa shape index (κ2) is 8.77. The summed E-state index contributed by atoms with van der Waals surface area (Å²) in [5.74, 6) is -0.218. The van der Waals surface area contributed by atoms with Crippen LogP contribution >= 0.6 is 0 Å². The maximum atomic E-state index is 12.7. The third-order valence-electron chi connectivity index (χ3n) is 3.08. The normalized spacial score (nSPS) is 10.9. The SMILES string of the molecule is CNCCCN(C)CCCC(=O)c1ccc(F)cc1. The minimum absolute atomic E-state index is 0.0867. The second-order valence-corrected chi connectivity index (χ2v) is 4.79. The van der Waals surface area contributed by atoms with Crippen molar-refractivity contribution in [2.45, 2.75) is 19.3 Å². The smallest absolute Gasteiger partial charge is 0.162 e. The zero-order valence-electron chi connectivity index (χ0n) is 11.8. The average molecular weight is 266 g/mol. The van der Waals surface area contributed by atoms with Gasteiger partial charge in [0.1, 0.15) is 5.82 Å². The second-order valence-electron chi connectivity index (χ2n) is 4.79. The van der Waals surface area contributed by atoms with E-state index in [1.807, 2.05) is 7.05 Å². The number of carbonyl (C=O) groups excluding carboxylic acids is 1. The summed E-state index contributed by atoms with van der Waals surface area (Å²) in [6.45, 7) is 2.96. The Morgan fingerprint density at radius 2 is 1.84 bits per heavy atom. The van der Waals surface area contributed by atoms with Crippen molar-refractivity contribution in [2.24, 2.45) is 0 Å². The van der Waals surface area contributed by atoms with E-state index in [2.05, 4.69) is 17.3 Å². The summed E-state index contributed by atoms with van der Waals surface area (Å²) < 4.78 is 12.7. The van der Waals surface area contributed by atoms with Gasteiger partial charge in [0.2, 0.25) is 0 Å². The van der Waals surface area contributed by atoms with E-state index in [0.717, 1.165) is 32.5 Å². The van der Waals surface area contributed by atoms with E-state index in [-0.39, 0.29) is 11.6 Å². The van der Waals surface area contributed by atoms with Gasteiger partial charge in [0.25, 0.3) is 0 Å². The van der Waals surface area contributed by atoms with Crippen molar-refractivity contribution >= 4 is 5.78 Å². The third kappa shape index (κ3) is 6.45. The van der Waals surface area contributed by atoms with Gasteiger partial charge in [0.15, 0.2) is 5.78 Å². The van der Waals surface area contributed by atoms with Gasteiger partial charge in [0, 0.05) is 12.0 Å². The summed E-state index contributed by atoms with van der Waals surface area (Å²) in [6, 6.07) is 5.76. The van der Waals surface area contributed by atoms with Gasteiger partial charge >= 0.3 is 0 Å². The van der Waals surface area contributed by atoms with Crippen LogP contribution in [0.2, 0.25) is 0 Å². The van der Waals surface area contributed by atoms with Crippen LogP contribution in [0, 0.1) is 5.82 Å². The zero-order valence-corrected chi connectivity index (χ0v) is 11.8. The number of benzene rings is 1. The number of Topliss-reactive ketones (excluding diaryl/α,β-unsaturated/α-hetero) is 1. The molecule has 106 valence electrons. The number of carbonyl (C=O) groups is 1. The van der Waals surface area contributed by atoms with E-state index >= 15 is 0 Å². The molecule has 0 aliphatic heterocycles. The highest BCUT2D eigenvalue weighted by atomic mass is 19.1. The summed E-state index contributed by atoms with van der Waals surface area (Å²) in [4.78, 5) is 14.1. The van der Waals surface area contributed by atoms with Crippen LogP contribution in [0.15, 0.2) is 24.3 Å². The molecule has 0 bridgehead atoms. The molecule has 1 N–H and O–H groups in total. The predicted octanol–water partition coefficient (Wildman–Crippen LogP) is 2.33. The van der Waals surface area contributed by atoms with E-state index in [4.69, 9.17) is 0 Å². The zero-order chi connectivity index (χ0) is 14.1. The molecule has 0 aliphatic rings. The maximum Gasteiger partial charge on any atom is 0.162 e. The molecule has 0 spiro atoms. The molecule has 0 aliphatic carbocycles. The predicted molar refractivity (Wildman–Crippen MR) is 76.0 cm³/mol. The highest BCUT2D eigenvalue weighted by molar-refractivity contribution is 5.95. The standard InChI is InChI=1S/C15H23FN2O/c1-17-10-4-12-18(2)11-3-5-15(19)13-6-8-14(16)9-7-13/h6-9,17H,3-5,10-12H2,1-2H3. The number of hydrogen-bond acceptors (Lipinski definition) is 3. The summed E-state index contributed by atoms with van der Waals surface area (Å²) in [5.41, 5.74) is 0.597. The number of rotatable bonds is 9. The van der Waals surface area contributed by atoms with Crippen molar-refractivity contribution in [2.75, 3.05) is 33.7 Å². The molecule has 0 atom stereocenters. The van der Waals surface area contributed by atoms with E-state index in [0.29, 0.717) is 12.0 Å². The molecule has 4 heteroatoms. The van der Waals surface area contributed by atoms with E-state index in [9.17, 15) is 9.18 Å². The first-order valence-corrected chi connectivity index (χ1v) is 6.75.